The van der Waals surface area contributed by atoms with Gasteiger partial charge in [-0.05, 0) is 42.8 Å². The summed E-state index contributed by atoms with van der Waals surface area (Å²) in [6.45, 7) is 3.89. The van der Waals surface area contributed by atoms with Crippen molar-refractivity contribution >= 4 is 77.9 Å². The molecule has 3 aromatic carbocycles. The highest BCUT2D eigenvalue weighted by Crippen LogP contribution is 2.35. The fourth-order valence-corrected chi connectivity index (χ4v) is 4.96. The summed E-state index contributed by atoms with van der Waals surface area (Å²) in [6.07, 6.45) is 2.08. The zero-order valence-corrected chi connectivity index (χ0v) is 24.8. The normalized spacial score (nSPS) is 12.3. The molecule has 0 aliphatic carbocycles. The molecule has 0 saturated heterocycles. The monoisotopic (exact) mass is 680 g/mol. The van der Waals surface area contributed by atoms with Gasteiger partial charge in [0, 0.05) is 42.1 Å². The molecule has 8 nitrogen and oxygen atoms in total. The predicted molar refractivity (Wildman–Crippen MR) is 157 cm³/mol. The molecule has 0 aliphatic heterocycles. The van der Waals surface area contributed by atoms with E-state index in [1.165, 1.54) is 17.0 Å². The summed E-state index contributed by atoms with van der Waals surface area (Å²) in [7, 11) is 0. The molecule has 38 heavy (non-hydrogen) atoms. The van der Waals surface area contributed by atoms with Gasteiger partial charge in [-0.15, -0.1) is 0 Å². The molecule has 4 aromatic rings. The number of rotatable bonds is 8. The van der Waals surface area contributed by atoms with Crippen LogP contribution in [0.2, 0.25) is 10.0 Å². The summed E-state index contributed by atoms with van der Waals surface area (Å²) in [6, 6.07) is 13.1. The minimum atomic E-state index is -0.549. The van der Waals surface area contributed by atoms with Crippen molar-refractivity contribution in [2.24, 2.45) is 5.10 Å². The Morgan fingerprint density at radius 1 is 1.16 bits per heavy atom. The van der Waals surface area contributed by atoms with Gasteiger partial charge in [0.05, 0.1) is 22.0 Å². The van der Waals surface area contributed by atoms with E-state index in [4.69, 9.17) is 32.9 Å². The molecule has 1 atom stereocenters. The van der Waals surface area contributed by atoms with Crippen LogP contribution in [0.25, 0.3) is 10.9 Å². The van der Waals surface area contributed by atoms with Crippen molar-refractivity contribution in [3.8, 4) is 5.75 Å². The van der Waals surface area contributed by atoms with Crippen molar-refractivity contribution < 1.29 is 9.66 Å². The van der Waals surface area contributed by atoms with E-state index < -0.39 is 4.92 Å². The lowest BCUT2D eigenvalue weighted by molar-refractivity contribution is -0.386. The van der Waals surface area contributed by atoms with Crippen LogP contribution in [0.1, 0.15) is 43.1 Å². The fourth-order valence-electron chi connectivity index (χ4n) is 3.68. The van der Waals surface area contributed by atoms with E-state index in [0.29, 0.717) is 36.8 Å². The standard InChI is InChI=1S/C26H20Br2Cl2N4O4/c1-3-14(2)25-32-22-7-5-17(27)9-20(22)26(35)33(25)31-12-16-8-18(28)10-23(34(36)37)24(16)38-13-15-4-6-19(29)11-21(15)30/h4-12,14H,3,13H2,1-2H3/t14-/m0/s1. The maximum atomic E-state index is 13.5. The third kappa shape index (κ3) is 6.09. The second kappa shape index (κ2) is 11.9. The van der Waals surface area contributed by atoms with E-state index in [1.807, 2.05) is 19.9 Å². The van der Waals surface area contributed by atoms with E-state index in [-0.39, 0.29) is 35.1 Å². The maximum absolute atomic E-state index is 13.5. The number of benzene rings is 3. The molecular weight excluding hydrogens is 663 g/mol. The molecule has 0 bridgehead atoms. The van der Waals surface area contributed by atoms with E-state index in [9.17, 15) is 14.9 Å². The van der Waals surface area contributed by atoms with Crippen LogP contribution < -0.4 is 10.3 Å². The molecule has 196 valence electrons. The Bertz CT molecular complexity index is 1640. The fraction of sp³-hybridized carbons (Fsp3) is 0.192. The zero-order chi connectivity index (χ0) is 27.6. The molecule has 0 spiro atoms. The third-order valence-electron chi connectivity index (χ3n) is 5.85. The molecule has 0 saturated carbocycles. The third-order valence-corrected chi connectivity index (χ3v) is 7.38. The van der Waals surface area contributed by atoms with Crippen molar-refractivity contribution in [1.82, 2.24) is 9.66 Å². The van der Waals surface area contributed by atoms with Crippen molar-refractivity contribution in [1.29, 1.82) is 0 Å². The molecule has 0 fully saturated rings. The number of aromatic nitrogens is 2. The Labute approximate surface area is 244 Å². The first-order valence-electron chi connectivity index (χ1n) is 11.4. The minimum Gasteiger partial charge on any atom is -0.481 e. The second-order valence-corrected chi connectivity index (χ2v) is 11.1. The van der Waals surface area contributed by atoms with Crippen LogP contribution in [-0.4, -0.2) is 20.8 Å². The second-order valence-electron chi connectivity index (χ2n) is 8.43. The van der Waals surface area contributed by atoms with Crippen LogP contribution in [0.4, 0.5) is 5.69 Å². The maximum Gasteiger partial charge on any atom is 0.312 e. The van der Waals surface area contributed by atoms with Crippen LogP contribution in [0.15, 0.2) is 67.4 Å². The molecule has 0 amide bonds. The smallest absolute Gasteiger partial charge is 0.312 e. The highest BCUT2D eigenvalue weighted by Gasteiger charge is 2.22. The van der Waals surface area contributed by atoms with Crippen LogP contribution in [0.5, 0.6) is 5.75 Å². The number of nitrogens with zero attached hydrogens (tertiary/aromatic N) is 4. The van der Waals surface area contributed by atoms with Gasteiger partial charge in [-0.25, -0.2) is 4.98 Å². The van der Waals surface area contributed by atoms with Gasteiger partial charge in [0.2, 0.25) is 5.75 Å². The van der Waals surface area contributed by atoms with Crippen LogP contribution in [0.3, 0.4) is 0 Å². The van der Waals surface area contributed by atoms with E-state index >= 15 is 0 Å². The number of ether oxygens (including phenoxy) is 1. The summed E-state index contributed by atoms with van der Waals surface area (Å²) in [5.41, 5.74) is 0.800. The Morgan fingerprint density at radius 3 is 2.61 bits per heavy atom. The van der Waals surface area contributed by atoms with Gasteiger partial charge in [-0.2, -0.15) is 9.78 Å². The summed E-state index contributed by atoms with van der Waals surface area (Å²) in [5, 5.41) is 17.5. The van der Waals surface area contributed by atoms with E-state index in [1.54, 1.807) is 36.4 Å². The molecule has 4 rings (SSSR count). The lowest BCUT2D eigenvalue weighted by Gasteiger charge is -2.14. The first-order valence-corrected chi connectivity index (χ1v) is 13.7. The molecule has 12 heteroatoms. The number of halogens is 4. The summed E-state index contributed by atoms with van der Waals surface area (Å²) in [5.74, 6) is 0.374. The topological polar surface area (TPSA) is 99.6 Å². The molecule has 1 heterocycles. The van der Waals surface area contributed by atoms with E-state index in [0.717, 1.165) is 10.9 Å². The predicted octanol–water partition coefficient (Wildman–Crippen LogP) is 8.11. The number of nitro benzene ring substituents is 1. The molecule has 0 radical (unpaired) electrons. The number of hydrogen-bond donors (Lipinski definition) is 0. The SMILES string of the molecule is CC[C@H](C)c1nc2ccc(Br)cc2c(=O)n1N=Cc1cc(Br)cc([N+](=O)[O-])c1OCc1ccc(Cl)cc1Cl. The van der Waals surface area contributed by atoms with Crippen molar-refractivity contribution in [3.05, 3.63) is 105 Å². The van der Waals surface area contributed by atoms with Gasteiger partial charge >= 0.3 is 5.69 Å². The largest absolute Gasteiger partial charge is 0.481 e. The van der Waals surface area contributed by atoms with Crippen LogP contribution in [-0.2, 0) is 6.61 Å². The highest BCUT2D eigenvalue weighted by atomic mass is 79.9. The quantitative estimate of drug-likeness (QED) is 0.106. The Balaban J connectivity index is 1.84. The van der Waals surface area contributed by atoms with Crippen molar-refractivity contribution in [2.45, 2.75) is 32.8 Å². The Kier molecular flexibility index (Phi) is 8.87. The van der Waals surface area contributed by atoms with Gasteiger partial charge in [-0.3, -0.25) is 14.9 Å². The average Bonchev–Trinajstić information content (AvgIpc) is 2.87. The molecule has 0 N–H and O–H groups in total. The summed E-state index contributed by atoms with van der Waals surface area (Å²) >= 11 is 18.9. The Hall–Kier alpha value is -2.79. The van der Waals surface area contributed by atoms with Gasteiger partial charge in [0.1, 0.15) is 12.4 Å². The van der Waals surface area contributed by atoms with Gasteiger partial charge in [-0.1, -0.05) is 75.0 Å². The zero-order valence-electron chi connectivity index (χ0n) is 20.1. The number of hydrogen-bond acceptors (Lipinski definition) is 6. The average molecular weight is 683 g/mol. The lowest BCUT2D eigenvalue weighted by Crippen LogP contribution is -2.23. The number of fused-ring (bicyclic) bond motifs is 1. The van der Waals surface area contributed by atoms with Crippen molar-refractivity contribution in [3.63, 3.8) is 0 Å². The first kappa shape index (κ1) is 28.2. The van der Waals surface area contributed by atoms with Gasteiger partial charge in [0.15, 0.2) is 0 Å². The number of nitro groups is 1. The van der Waals surface area contributed by atoms with Gasteiger partial charge in [0.25, 0.3) is 5.56 Å². The summed E-state index contributed by atoms with van der Waals surface area (Å²) < 4.78 is 8.31. The van der Waals surface area contributed by atoms with Crippen LogP contribution >= 0.6 is 55.1 Å². The molecule has 0 unspecified atom stereocenters. The van der Waals surface area contributed by atoms with Crippen LogP contribution in [0, 0.1) is 10.1 Å². The first-order chi connectivity index (χ1) is 18.1. The van der Waals surface area contributed by atoms with Gasteiger partial charge < -0.3 is 4.74 Å². The Morgan fingerprint density at radius 2 is 1.92 bits per heavy atom. The highest BCUT2D eigenvalue weighted by molar-refractivity contribution is 9.10. The molecular formula is C26H20Br2Cl2N4O4. The minimum absolute atomic E-state index is 0.0254. The van der Waals surface area contributed by atoms with E-state index in [2.05, 4.69) is 37.0 Å². The molecule has 1 aromatic heterocycles. The summed E-state index contributed by atoms with van der Waals surface area (Å²) in [4.78, 5) is 29.5. The van der Waals surface area contributed by atoms with Crippen molar-refractivity contribution in [2.75, 3.05) is 0 Å². The molecule has 0 aliphatic rings. The lowest BCUT2D eigenvalue weighted by atomic mass is 10.1.